The monoisotopic (exact) mass is 307 g/mol. The Morgan fingerprint density at radius 1 is 1.05 bits per heavy atom. The van der Waals surface area contributed by atoms with Gasteiger partial charge >= 0.3 is 0 Å². The van der Waals surface area contributed by atoms with Crippen molar-refractivity contribution in [2.45, 2.75) is 57.0 Å². The van der Waals surface area contributed by atoms with Crippen LogP contribution in [0.3, 0.4) is 0 Å². The number of alkyl halides is 1. The number of fused-ring (bicyclic) bond motifs is 1. The van der Waals surface area contributed by atoms with E-state index in [9.17, 15) is 0 Å². The molecule has 0 bridgehead atoms. The van der Waals surface area contributed by atoms with Crippen molar-refractivity contribution in [2.24, 2.45) is 0 Å². The number of benzene rings is 1. The highest BCUT2D eigenvalue weighted by atomic mass is 35.5. The number of hydrogen-bond acceptors (Lipinski definition) is 2. The zero-order valence-electron chi connectivity index (χ0n) is 12.8. The first-order chi connectivity index (χ1) is 10.4. The van der Waals surface area contributed by atoms with E-state index in [1.807, 2.05) is 0 Å². The Hall–Kier alpha value is -0.730. The van der Waals surface area contributed by atoms with Crippen molar-refractivity contribution in [3.05, 3.63) is 29.8 Å². The minimum Gasteiger partial charge on any atom is -0.494 e. The van der Waals surface area contributed by atoms with Gasteiger partial charge in [-0.2, -0.15) is 0 Å². The van der Waals surface area contributed by atoms with E-state index in [-0.39, 0.29) is 0 Å². The molecule has 2 fully saturated rings. The zero-order chi connectivity index (χ0) is 14.5. The third-order valence-electron chi connectivity index (χ3n) is 4.90. The first-order valence-corrected chi connectivity index (χ1v) is 8.96. The Morgan fingerprint density at radius 3 is 2.67 bits per heavy atom. The Bertz CT molecular complexity index is 433. The molecular formula is C18H26ClNO. The van der Waals surface area contributed by atoms with Crippen molar-refractivity contribution in [2.75, 3.05) is 19.0 Å². The lowest BCUT2D eigenvalue weighted by Gasteiger charge is -2.38. The Morgan fingerprint density at radius 2 is 1.86 bits per heavy atom. The van der Waals surface area contributed by atoms with Gasteiger partial charge in [0.25, 0.3) is 0 Å². The predicted octanol–water partition coefficient (Wildman–Crippen LogP) is 4.77. The molecule has 3 rings (SSSR count). The topological polar surface area (TPSA) is 12.5 Å². The van der Waals surface area contributed by atoms with Crippen molar-refractivity contribution in [1.82, 2.24) is 4.90 Å². The molecule has 116 valence electrons. The van der Waals surface area contributed by atoms with Crippen LogP contribution in [0.5, 0.6) is 5.75 Å². The summed E-state index contributed by atoms with van der Waals surface area (Å²) in [6.45, 7) is 2.05. The highest BCUT2D eigenvalue weighted by Crippen LogP contribution is 2.39. The van der Waals surface area contributed by atoms with E-state index in [4.69, 9.17) is 16.3 Å². The number of hydrogen-bond donors (Lipinski definition) is 0. The number of piperidine rings is 1. The molecule has 2 heterocycles. The third kappa shape index (κ3) is 3.73. The van der Waals surface area contributed by atoms with Crippen molar-refractivity contribution >= 4 is 11.6 Å². The minimum atomic E-state index is 0.636. The van der Waals surface area contributed by atoms with Gasteiger partial charge in [-0.3, -0.25) is 4.90 Å². The second kappa shape index (κ2) is 7.51. The maximum atomic E-state index is 5.76. The van der Waals surface area contributed by atoms with Gasteiger partial charge in [0.2, 0.25) is 0 Å². The van der Waals surface area contributed by atoms with Crippen LogP contribution in [0.1, 0.15) is 56.6 Å². The molecule has 0 spiro atoms. The van der Waals surface area contributed by atoms with Crippen LogP contribution in [0.25, 0.3) is 0 Å². The van der Waals surface area contributed by atoms with Gasteiger partial charge in [-0.15, -0.1) is 11.6 Å². The lowest BCUT2D eigenvalue weighted by molar-refractivity contribution is 0.123. The summed E-state index contributed by atoms with van der Waals surface area (Å²) < 4.78 is 5.76. The molecule has 3 heteroatoms. The molecule has 2 aliphatic heterocycles. The first kappa shape index (κ1) is 15.2. The van der Waals surface area contributed by atoms with Crippen LogP contribution in [0.4, 0.5) is 0 Å². The van der Waals surface area contributed by atoms with Crippen LogP contribution >= 0.6 is 11.6 Å². The fourth-order valence-electron chi connectivity index (χ4n) is 3.82. The first-order valence-electron chi connectivity index (χ1n) is 8.43. The van der Waals surface area contributed by atoms with Gasteiger partial charge < -0.3 is 4.74 Å². The van der Waals surface area contributed by atoms with Crippen LogP contribution < -0.4 is 4.74 Å². The summed E-state index contributed by atoms with van der Waals surface area (Å²) in [5.74, 6) is 1.71. The van der Waals surface area contributed by atoms with E-state index in [0.29, 0.717) is 6.04 Å². The van der Waals surface area contributed by atoms with Crippen molar-refractivity contribution in [3.63, 3.8) is 0 Å². The summed E-state index contributed by atoms with van der Waals surface area (Å²) in [6, 6.07) is 10.3. The molecule has 1 aromatic carbocycles. The maximum absolute atomic E-state index is 5.76. The fraction of sp³-hybridized carbons (Fsp3) is 0.667. The van der Waals surface area contributed by atoms with Crippen LogP contribution in [0.2, 0.25) is 0 Å². The van der Waals surface area contributed by atoms with E-state index < -0.39 is 0 Å². The highest BCUT2D eigenvalue weighted by Gasteiger charge is 2.34. The molecule has 0 N–H and O–H groups in total. The van der Waals surface area contributed by atoms with Crippen LogP contribution in [0.15, 0.2) is 24.3 Å². The van der Waals surface area contributed by atoms with Crippen LogP contribution in [-0.4, -0.2) is 30.0 Å². The molecule has 1 aromatic rings. The molecular weight excluding hydrogens is 282 g/mol. The molecule has 0 radical (unpaired) electrons. The highest BCUT2D eigenvalue weighted by molar-refractivity contribution is 6.17. The van der Waals surface area contributed by atoms with Gasteiger partial charge in [0.05, 0.1) is 6.61 Å². The summed E-state index contributed by atoms with van der Waals surface area (Å²) in [7, 11) is 0. The molecule has 2 nitrogen and oxygen atoms in total. The predicted molar refractivity (Wildman–Crippen MR) is 88.2 cm³/mol. The average molecular weight is 308 g/mol. The Labute approximate surface area is 133 Å². The number of halogens is 1. The van der Waals surface area contributed by atoms with Crippen molar-refractivity contribution in [1.29, 1.82) is 0 Å². The maximum Gasteiger partial charge on any atom is 0.119 e. The van der Waals surface area contributed by atoms with Crippen molar-refractivity contribution < 1.29 is 4.74 Å². The van der Waals surface area contributed by atoms with Gasteiger partial charge in [0, 0.05) is 18.0 Å². The van der Waals surface area contributed by atoms with Gasteiger partial charge in [-0.25, -0.2) is 0 Å². The molecule has 2 saturated heterocycles. The largest absolute Gasteiger partial charge is 0.494 e. The molecule has 2 aliphatic rings. The molecule has 21 heavy (non-hydrogen) atoms. The van der Waals surface area contributed by atoms with E-state index in [1.54, 1.807) is 0 Å². The van der Waals surface area contributed by atoms with Crippen LogP contribution in [0, 0.1) is 0 Å². The standard InChI is InChI=1S/C18H26ClNO/c19-12-1-2-14-21-17-10-8-15(9-11-17)18-7-3-5-16-6-4-13-20(16)18/h8-11,16,18H,1-7,12-14H2/t16-,18?/m1/s1. The Balaban J connectivity index is 1.58. The van der Waals surface area contributed by atoms with Gasteiger partial charge in [0.1, 0.15) is 5.75 Å². The van der Waals surface area contributed by atoms with E-state index >= 15 is 0 Å². The van der Waals surface area contributed by atoms with Gasteiger partial charge in [-0.1, -0.05) is 12.1 Å². The lowest BCUT2D eigenvalue weighted by Crippen LogP contribution is -2.37. The minimum absolute atomic E-state index is 0.636. The van der Waals surface area contributed by atoms with Crippen LogP contribution in [-0.2, 0) is 0 Å². The second-order valence-electron chi connectivity index (χ2n) is 6.29. The SMILES string of the molecule is ClCCCCOc1ccc(C2CCC[C@@H]3CCCN23)cc1. The molecule has 0 amide bonds. The normalized spacial score (nSPS) is 25.8. The van der Waals surface area contributed by atoms with E-state index in [0.717, 1.165) is 37.1 Å². The smallest absolute Gasteiger partial charge is 0.119 e. The summed E-state index contributed by atoms with van der Waals surface area (Å²) in [5.41, 5.74) is 1.47. The number of unbranched alkanes of at least 4 members (excludes halogenated alkanes) is 1. The van der Waals surface area contributed by atoms with Gasteiger partial charge in [-0.05, 0) is 69.2 Å². The van der Waals surface area contributed by atoms with E-state index in [2.05, 4.69) is 29.2 Å². The summed E-state index contributed by atoms with van der Waals surface area (Å²) in [6.07, 6.45) is 8.93. The third-order valence-corrected chi connectivity index (χ3v) is 5.17. The zero-order valence-corrected chi connectivity index (χ0v) is 13.5. The quantitative estimate of drug-likeness (QED) is 0.554. The Kier molecular flexibility index (Phi) is 5.43. The molecule has 2 atom stereocenters. The number of nitrogens with zero attached hydrogens (tertiary/aromatic N) is 1. The molecule has 0 aliphatic carbocycles. The molecule has 1 unspecified atom stereocenters. The number of rotatable bonds is 6. The van der Waals surface area contributed by atoms with Gasteiger partial charge in [0.15, 0.2) is 0 Å². The van der Waals surface area contributed by atoms with E-state index in [1.165, 1.54) is 44.2 Å². The summed E-state index contributed by atoms with van der Waals surface area (Å²) in [4.78, 5) is 2.74. The second-order valence-corrected chi connectivity index (χ2v) is 6.67. The fourth-order valence-corrected chi connectivity index (χ4v) is 4.01. The van der Waals surface area contributed by atoms with Crippen molar-refractivity contribution in [3.8, 4) is 5.75 Å². The average Bonchev–Trinajstić information content (AvgIpc) is 3.01. The molecule has 0 aromatic heterocycles. The summed E-state index contributed by atoms with van der Waals surface area (Å²) in [5, 5.41) is 0. The summed E-state index contributed by atoms with van der Waals surface area (Å²) >= 11 is 5.67. The lowest BCUT2D eigenvalue weighted by atomic mass is 9.92. The molecule has 0 saturated carbocycles. The number of ether oxygens (including phenoxy) is 1.